The van der Waals surface area contributed by atoms with Crippen molar-refractivity contribution in [1.82, 2.24) is 14.5 Å². The monoisotopic (exact) mass is 571 g/mol. The Bertz CT molecular complexity index is 1440. The van der Waals surface area contributed by atoms with Crippen LogP contribution in [0.1, 0.15) is 62.9 Å². The maximum absolute atomic E-state index is 14.1. The molecule has 1 atom stereocenters. The molecule has 4 aromatic rings. The molecule has 1 heterocycles. The van der Waals surface area contributed by atoms with Gasteiger partial charge < -0.3 is 4.90 Å². The molecule has 1 fully saturated rings. The third-order valence-electron chi connectivity index (χ3n) is 7.67. The average Bonchev–Trinajstić information content (AvgIpc) is 2.96. The van der Waals surface area contributed by atoms with Gasteiger partial charge in [0.2, 0.25) is 5.91 Å². The van der Waals surface area contributed by atoms with E-state index in [0.29, 0.717) is 29.7 Å². The highest BCUT2D eigenvalue weighted by Gasteiger charge is 2.33. The van der Waals surface area contributed by atoms with Crippen LogP contribution in [-0.4, -0.2) is 26.9 Å². The molecular weight excluding hydrogens is 538 g/mol. The fourth-order valence-corrected chi connectivity index (χ4v) is 5.92. The molecule has 3 aromatic carbocycles. The van der Waals surface area contributed by atoms with Gasteiger partial charge >= 0.3 is 0 Å². The van der Waals surface area contributed by atoms with Crippen molar-refractivity contribution >= 4 is 32.7 Å². The zero-order valence-corrected chi connectivity index (χ0v) is 23.4. The molecule has 1 saturated carbocycles. The van der Waals surface area contributed by atoms with E-state index in [2.05, 4.69) is 35.0 Å². The minimum atomic E-state index is -0.325. The molecule has 1 unspecified atom stereocenters. The molecule has 1 aliphatic carbocycles. The van der Waals surface area contributed by atoms with Crippen LogP contribution in [0.15, 0.2) is 88.1 Å². The van der Waals surface area contributed by atoms with Crippen LogP contribution in [0.25, 0.3) is 16.6 Å². The van der Waals surface area contributed by atoms with Gasteiger partial charge in [0.15, 0.2) is 0 Å². The van der Waals surface area contributed by atoms with Crippen molar-refractivity contribution in [2.45, 2.75) is 57.9 Å². The first-order chi connectivity index (χ1) is 18.6. The van der Waals surface area contributed by atoms with Crippen LogP contribution in [0.5, 0.6) is 0 Å². The van der Waals surface area contributed by atoms with E-state index >= 15 is 0 Å². The van der Waals surface area contributed by atoms with Crippen LogP contribution >= 0.6 is 15.9 Å². The Morgan fingerprint density at radius 1 is 0.974 bits per heavy atom. The number of hydrogen-bond donors (Lipinski definition) is 0. The first-order valence-electron chi connectivity index (χ1n) is 13.7. The van der Waals surface area contributed by atoms with Crippen molar-refractivity contribution in [2.24, 2.45) is 5.92 Å². The van der Waals surface area contributed by atoms with Gasteiger partial charge in [0, 0.05) is 16.9 Å². The van der Waals surface area contributed by atoms with E-state index < -0.39 is 0 Å². The van der Waals surface area contributed by atoms with E-state index in [9.17, 15) is 9.59 Å². The van der Waals surface area contributed by atoms with Crippen LogP contribution in [-0.2, 0) is 11.2 Å². The third kappa shape index (κ3) is 5.60. The Balaban J connectivity index is 1.64. The maximum atomic E-state index is 14.1. The molecule has 1 aromatic heterocycles. The number of benzene rings is 3. The van der Waals surface area contributed by atoms with E-state index in [-0.39, 0.29) is 23.4 Å². The average molecular weight is 573 g/mol. The number of fused-ring (bicyclic) bond motifs is 1. The quantitative estimate of drug-likeness (QED) is 0.224. The van der Waals surface area contributed by atoms with Crippen LogP contribution in [0.2, 0.25) is 0 Å². The van der Waals surface area contributed by atoms with E-state index in [1.807, 2.05) is 71.6 Å². The van der Waals surface area contributed by atoms with Gasteiger partial charge in [-0.05, 0) is 67.6 Å². The molecule has 6 heteroatoms. The molecule has 0 aliphatic heterocycles. The Kier molecular flexibility index (Phi) is 8.38. The fraction of sp³-hybridized carbons (Fsp3) is 0.344. The number of carbonyl (C=O) groups excluding carboxylic acids is 1. The second-order valence-corrected chi connectivity index (χ2v) is 11.0. The molecule has 5 nitrogen and oxygen atoms in total. The summed E-state index contributed by atoms with van der Waals surface area (Å²) in [5.41, 5.74) is 2.49. The minimum absolute atomic E-state index is 0.0295. The number of halogens is 1. The van der Waals surface area contributed by atoms with Gasteiger partial charge in [0.1, 0.15) is 5.82 Å². The van der Waals surface area contributed by atoms with Crippen LogP contribution < -0.4 is 5.56 Å². The predicted octanol–water partition coefficient (Wildman–Crippen LogP) is 7.25. The number of carbonyl (C=O) groups is 1. The van der Waals surface area contributed by atoms with Gasteiger partial charge in [-0.15, -0.1) is 0 Å². The summed E-state index contributed by atoms with van der Waals surface area (Å²) in [5.74, 6) is 0.842. The minimum Gasteiger partial charge on any atom is -0.332 e. The molecule has 0 N–H and O–H groups in total. The Hall–Kier alpha value is -3.25. The molecule has 0 radical (unpaired) electrons. The number of hydrogen-bond acceptors (Lipinski definition) is 3. The summed E-state index contributed by atoms with van der Waals surface area (Å²) in [6.07, 6.45) is 6.67. The van der Waals surface area contributed by atoms with Crippen molar-refractivity contribution in [2.75, 3.05) is 6.54 Å². The highest BCUT2D eigenvalue weighted by Crippen LogP contribution is 2.32. The van der Waals surface area contributed by atoms with Gasteiger partial charge in [-0.2, -0.15) is 0 Å². The van der Waals surface area contributed by atoms with Crippen molar-refractivity contribution in [3.63, 3.8) is 0 Å². The van der Waals surface area contributed by atoms with Crippen molar-refractivity contribution < 1.29 is 4.79 Å². The molecule has 0 bridgehead atoms. The number of aromatic nitrogens is 2. The Morgan fingerprint density at radius 2 is 1.66 bits per heavy atom. The standard InChI is InChI=1S/C32H34BrN3O2/c1-2-29(35(22-21-23-11-5-3-6-12-23)31(37)24-13-7-4-8-14-24)30-34-28-16-10-9-15-27(28)32(38)36(30)26-19-17-25(33)18-20-26/h3,5-6,9-12,15-20,24,29H,2,4,7-8,13-14,21-22H2,1H3. The van der Waals surface area contributed by atoms with Gasteiger partial charge in [0.25, 0.3) is 5.56 Å². The van der Waals surface area contributed by atoms with E-state index in [0.717, 1.165) is 42.3 Å². The molecule has 5 rings (SSSR count). The van der Waals surface area contributed by atoms with Crippen LogP contribution in [0.4, 0.5) is 0 Å². The largest absolute Gasteiger partial charge is 0.332 e. The summed E-state index contributed by atoms with van der Waals surface area (Å²) in [6, 6.07) is 25.2. The highest BCUT2D eigenvalue weighted by atomic mass is 79.9. The number of amides is 1. The normalized spacial score (nSPS) is 14.9. The Labute approximate surface area is 232 Å². The molecule has 0 saturated heterocycles. The first-order valence-corrected chi connectivity index (χ1v) is 14.5. The number of rotatable bonds is 8. The van der Waals surface area contributed by atoms with Crippen molar-refractivity contribution in [3.8, 4) is 5.69 Å². The summed E-state index contributed by atoms with van der Waals surface area (Å²) in [7, 11) is 0. The van der Waals surface area contributed by atoms with Gasteiger partial charge in [-0.3, -0.25) is 14.2 Å². The lowest BCUT2D eigenvalue weighted by Gasteiger charge is -2.36. The fourth-order valence-electron chi connectivity index (χ4n) is 5.65. The summed E-state index contributed by atoms with van der Waals surface area (Å²) < 4.78 is 2.65. The smallest absolute Gasteiger partial charge is 0.266 e. The molecular formula is C32H34BrN3O2. The lowest BCUT2D eigenvalue weighted by molar-refractivity contribution is -0.139. The molecule has 196 valence electrons. The predicted molar refractivity (Wildman–Crippen MR) is 157 cm³/mol. The highest BCUT2D eigenvalue weighted by molar-refractivity contribution is 9.10. The Morgan fingerprint density at radius 3 is 2.37 bits per heavy atom. The number of nitrogens with zero attached hydrogens (tertiary/aromatic N) is 3. The SMILES string of the molecule is CCC(c1nc2ccccc2c(=O)n1-c1ccc(Br)cc1)N(CCc1ccccc1)C(=O)C1CCCCC1. The summed E-state index contributed by atoms with van der Waals surface area (Å²) >= 11 is 3.51. The van der Waals surface area contributed by atoms with Crippen molar-refractivity contribution in [3.05, 3.63) is 105 Å². The summed E-state index contributed by atoms with van der Waals surface area (Å²) in [5, 5.41) is 0.573. The van der Waals surface area contributed by atoms with Crippen molar-refractivity contribution in [1.29, 1.82) is 0 Å². The van der Waals surface area contributed by atoms with E-state index in [4.69, 9.17) is 4.98 Å². The topological polar surface area (TPSA) is 55.2 Å². The molecule has 1 aliphatic rings. The van der Waals surface area contributed by atoms with Crippen LogP contribution in [0.3, 0.4) is 0 Å². The number of para-hydroxylation sites is 1. The third-order valence-corrected chi connectivity index (χ3v) is 8.20. The lowest BCUT2D eigenvalue weighted by atomic mass is 9.87. The van der Waals surface area contributed by atoms with Gasteiger partial charge in [0.05, 0.1) is 22.6 Å². The maximum Gasteiger partial charge on any atom is 0.266 e. The molecule has 38 heavy (non-hydrogen) atoms. The molecule has 1 amide bonds. The lowest BCUT2D eigenvalue weighted by Crippen LogP contribution is -2.43. The molecule has 0 spiro atoms. The first kappa shape index (κ1) is 26.4. The second-order valence-electron chi connectivity index (χ2n) is 10.1. The summed E-state index contributed by atoms with van der Waals surface area (Å²) in [6.45, 7) is 2.67. The van der Waals surface area contributed by atoms with E-state index in [1.54, 1.807) is 4.57 Å². The zero-order chi connectivity index (χ0) is 26.5. The van der Waals surface area contributed by atoms with E-state index in [1.165, 1.54) is 12.0 Å². The van der Waals surface area contributed by atoms with Gasteiger partial charge in [-0.1, -0.05) is 84.6 Å². The second kappa shape index (κ2) is 12.1. The zero-order valence-electron chi connectivity index (χ0n) is 21.9. The van der Waals surface area contributed by atoms with Gasteiger partial charge in [-0.25, -0.2) is 4.98 Å². The van der Waals surface area contributed by atoms with Crippen LogP contribution in [0, 0.1) is 5.92 Å². The summed E-state index contributed by atoms with van der Waals surface area (Å²) in [4.78, 5) is 35.2.